The summed E-state index contributed by atoms with van der Waals surface area (Å²) in [4.78, 5) is 9.43. The Hall–Kier alpha value is -5.49. The Kier molecular flexibility index (Phi) is 9.24. The first kappa shape index (κ1) is 32.6. The molecular formula is C51H40IrN2OSSi-2. The van der Waals surface area contributed by atoms with Crippen molar-refractivity contribution in [1.82, 2.24) is 9.97 Å². The van der Waals surface area contributed by atoms with E-state index in [0.29, 0.717) is 22.4 Å². The standard InChI is InChI=1S/C30H20NO.C21H20NSSi.Ir/c1-3-9-21(10-4-1)17-24-19-28(31-20-27(24)22-11-5-2-6-12-22)23-15-16-30-26(18-23)25-13-7-8-14-29(25)32-30;1-14-9-11-16(18-12-10-15(13-22-18)24(2,3)4)21-20(14)17-7-5-6-8-19(17)23-21;/h1-14,16,18-20H,17H2;5-10,12-13H,1-4H3;/q2*-1;/i17D2;1D3;. The quantitative estimate of drug-likeness (QED) is 0.123. The topological polar surface area (TPSA) is 38.9 Å². The summed E-state index contributed by atoms with van der Waals surface area (Å²) in [6.45, 7) is 4.72. The van der Waals surface area contributed by atoms with Crippen molar-refractivity contribution in [3.8, 4) is 33.6 Å². The fraction of sp³-hybridized carbons (Fsp3) is 0.0980. The van der Waals surface area contributed by atoms with Gasteiger partial charge in [0, 0.05) is 55.0 Å². The molecule has 6 heteroatoms. The van der Waals surface area contributed by atoms with E-state index in [1.807, 2.05) is 140 Å². The summed E-state index contributed by atoms with van der Waals surface area (Å²) < 4.78 is 50.0. The summed E-state index contributed by atoms with van der Waals surface area (Å²) in [6, 6.07) is 53.1. The average molecular weight is 954 g/mol. The molecule has 0 aliphatic heterocycles. The van der Waals surface area contributed by atoms with Gasteiger partial charge in [-0.3, -0.25) is 0 Å². The second kappa shape index (κ2) is 16.2. The first-order chi connectivity index (χ1) is 29.3. The van der Waals surface area contributed by atoms with Crippen LogP contribution in [0.3, 0.4) is 0 Å². The molecule has 10 rings (SSSR count). The molecule has 4 aromatic heterocycles. The van der Waals surface area contributed by atoms with Gasteiger partial charge in [-0.15, -0.1) is 47.0 Å². The van der Waals surface area contributed by atoms with Gasteiger partial charge in [0.25, 0.3) is 0 Å². The number of nitrogens with zero attached hydrogens (tertiary/aromatic N) is 2. The van der Waals surface area contributed by atoms with Crippen LogP contribution in [-0.4, -0.2) is 18.0 Å². The maximum atomic E-state index is 9.09. The SMILES string of the molecule is [2H]C([2H])([2H])c1c[c-]c(-c2ccc([Si](C)(C)C)cn2)c2sc3ccccc3c12.[2H]C([2H])(c1ccccc1)c1cc(-c2[c-]cc3oc4ccccc4c3c2)ncc1-c1ccccc1.[Ir]. The number of fused-ring (bicyclic) bond motifs is 6. The molecule has 0 fully saturated rings. The van der Waals surface area contributed by atoms with E-state index in [0.717, 1.165) is 70.1 Å². The molecule has 0 spiro atoms. The van der Waals surface area contributed by atoms with E-state index in [2.05, 4.69) is 37.8 Å². The Morgan fingerprint density at radius 2 is 1.42 bits per heavy atom. The van der Waals surface area contributed by atoms with Gasteiger partial charge < -0.3 is 14.4 Å². The molecule has 6 aromatic carbocycles. The number of rotatable bonds is 6. The summed E-state index contributed by atoms with van der Waals surface area (Å²) in [5, 5.41) is 5.12. The van der Waals surface area contributed by atoms with Gasteiger partial charge >= 0.3 is 0 Å². The third kappa shape index (κ3) is 7.79. The van der Waals surface area contributed by atoms with Crippen LogP contribution < -0.4 is 5.19 Å². The molecule has 3 nitrogen and oxygen atoms in total. The van der Waals surface area contributed by atoms with E-state index in [-0.39, 0.29) is 20.1 Å². The van der Waals surface area contributed by atoms with Gasteiger partial charge in [0.2, 0.25) is 0 Å². The molecule has 281 valence electrons. The molecule has 0 aliphatic carbocycles. The molecule has 0 N–H and O–H groups in total. The summed E-state index contributed by atoms with van der Waals surface area (Å²) >= 11 is 1.61. The van der Waals surface area contributed by atoms with Crippen molar-refractivity contribution in [2.24, 2.45) is 0 Å². The number of thiophene rings is 1. The van der Waals surface area contributed by atoms with E-state index in [1.54, 1.807) is 23.6 Å². The summed E-state index contributed by atoms with van der Waals surface area (Å²) in [7, 11) is -1.42. The van der Waals surface area contributed by atoms with Gasteiger partial charge in [0.15, 0.2) is 0 Å². The van der Waals surface area contributed by atoms with Gasteiger partial charge in [0.05, 0.1) is 13.7 Å². The van der Waals surface area contributed by atoms with Gasteiger partial charge in [-0.05, 0) is 61.9 Å². The summed E-state index contributed by atoms with van der Waals surface area (Å²) in [5.41, 5.74) is 8.01. The van der Waals surface area contributed by atoms with Gasteiger partial charge in [-0.1, -0.05) is 153 Å². The van der Waals surface area contributed by atoms with Crippen LogP contribution in [0.2, 0.25) is 19.6 Å². The second-order valence-corrected chi connectivity index (χ2v) is 20.9. The summed E-state index contributed by atoms with van der Waals surface area (Å²) in [5.74, 6) is 0. The fourth-order valence-corrected chi connectivity index (χ4v) is 9.26. The van der Waals surface area contributed by atoms with Crippen molar-refractivity contribution in [1.29, 1.82) is 0 Å². The van der Waals surface area contributed by atoms with Gasteiger partial charge in [-0.2, -0.15) is 11.3 Å². The van der Waals surface area contributed by atoms with Crippen molar-refractivity contribution in [3.63, 3.8) is 0 Å². The molecule has 57 heavy (non-hydrogen) atoms. The van der Waals surface area contributed by atoms with Gasteiger partial charge in [0.1, 0.15) is 5.58 Å². The molecule has 0 unspecified atom stereocenters. The van der Waals surface area contributed by atoms with Crippen LogP contribution in [0, 0.1) is 19.0 Å². The van der Waals surface area contributed by atoms with E-state index in [9.17, 15) is 0 Å². The van der Waals surface area contributed by atoms with Crippen molar-refractivity contribution in [2.45, 2.75) is 32.9 Å². The zero-order valence-corrected chi connectivity index (χ0v) is 35.8. The third-order valence-corrected chi connectivity index (χ3v) is 13.2. The van der Waals surface area contributed by atoms with E-state index in [1.165, 1.54) is 5.19 Å². The van der Waals surface area contributed by atoms with Crippen LogP contribution >= 0.6 is 11.3 Å². The molecule has 4 heterocycles. The predicted molar refractivity (Wildman–Crippen MR) is 240 cm³/mol. The maximum absolute atomic E-state index is 9.09. The zero-order valence-electron chi connectivity index (χ0n) is 36.6. The van der Waals surface area contributed by atoms with Crippen molar-refractivity contribution in [2.75, 3.05) is 0 Å². The number of pyridine rings is 2. The van der Waals surface area contributed by atoms with Gasteiger partial charge in [-0.25, -0.2) is 0 Å². The number of furan rings is 1. The predicted octanol–water partition coefficient (Wildman–Crippen LogP) is 13.5. The van der Waals surface area contributed by atoms with E-state index < -0.39 is 21.3 Å². The van der Waals surface area contributed by atoms with Crippen LogP contribution in [0.5, 0.6) is 0 Å². The Morgan fingerprint density at radius 1 is 0.702 bits per heavy atom. The molecule has 0 saturated carbocycles. The molecule has 1 radical (unpaired) electrons. The largest absolute Gasteiger partial charge is 0.500 e. The first-order valence-electron chi connectivity index (χ1n) is 21.1. The van der Waals surface area contributed by atoms with Crippen LogP contribution in [-0.2, 0) is 26.5 Å². The van der Waals surface area contributed by atoms with E-state index >= 15 is 0 Å². The molecule has 0 bridgehead atoms. The Bertz CT molecular complexity index is 3200. The zero-order chi connectivity index (χ0) is 42.5. The Labute approximate surface area is 359 Å². The molecule has 0 aliphatic rings. The molecule has 0 atom stereocenters. The third-order valence-electron chi connectivity index (χ3n) is 9.97. The van der Waals surface area contributed by atoms with Crippen molar-refractivity contribution < 1.29 is 31.4 Å². The number of benzene rings is 6. The average Bonchev–Trinajstić information content (AvgIpc) is 3.85. The minimum atomic E-state index is -2.17. The number of aryl methyl sites for hydroxylation is 1. The van der Waals surface area contributed by atoms with Crippen molar-refractivity contribution in [3.05, 3.63) is 187 Å². The minimum Gasteiger partial charge on any atom is -0.500 e. The molecule has 10 aromatic rings. The Morgan fingerprint density at radius 3 is 2.18 bits per heavy atom. The van der Waals surface area contributed by atoms with Crippen molar-refractivity contribution >= 4 is 66.7 Å². The fourth-order valence-electron chi connectivity index (χ4n) is 7.00. The smallest absolute Gasteiger partial charge is 0.120 e. The monoisotopic (exact) mass is 954 g/mol. The Balaban J connectivity index is 0.000000172. The number of aromatic nitrogens is 2. The van der Waals surface area contributed by atoms with Crippen LogP contribution in [0.15, 0.2) is 162 Å². The normalized spacial score (nSPS) is 13.2. The number of para-hydroxylation sites is 1. The molecule has 0 saturated heterocycles. The summed E-state index contributed by atoms with van der Waals surface area (Å²) in [6.07, 6.45) is 2.02. The first-order valence-corrected chi connectivity index (χ1v) is 22.9. The molecule has 0 amide bonds. The maximum Gasteiger partial charge on any atom is 0.120 e. The second-order valence-electron chi connectivity index (χ2n) is 14.8. The van der Waals surface area contributed by atoms with Crippen LogP contribution in [0.4, 0.5) is 0 Å². The minimum absolute atomic E-state index is 0. The number of hydrogen-bond acceptors (Lipinski definition) is 4. The van der Waals surface area contributed by atoms with Crippen LogP contribution in [0.25, 0.3) is 75.8 Å². The van der Waals surface area contributed by atoms with E-state index in [4.69, 9.17) is 21.2 Å². The molecular weight excluding hydrogens is 909 g/mol. The number of hydrogen-bond donors (Lipinski definition) is 0. The van der Waals surface area contributed by atoms with Crippen LogP contribution in [0.1, 0.15) is 23.5 Å².